The molecule has 0 N–H and O–H groups in total. The summed E-state index contributed by atoms with van der Waals surface area (Å²) >= 11 is 3.43. The van der Waals surface area contributed by atoms with Crippen LogP contribution in [0.3, 0.4) is 0 Å². The summed E-state index contributed by atoms with van der Waals surface area (Å²) < 4.78 is 33.1. The summed E-state index contributed by atoms with van der Waals surface area (Å²) in [5.41, 5.74) is 0. The van der Waals surface area contributed by atoms with E-state index in [-0.39, 0.29) is 48.8 Å². The number of rotatable bonds is 7. The van der Waals surface area contributed by atoms with E-state index in [0.29, 0.717) is 6.42 Å². The lowest BCUT2D eigenvalue weighted by atomic mass is 9.87. The molecule has 0 saturated carbocycles. The van der Waals surface area contributed by atoms with Crippen LogP contribution in [0.2, 0.25) is 0 Å². The van der Waals surface area contributed by atoms with Crippen LogP contribution in [0, 0.1) is 0 Å². The molecule has 6 rings (SSSR count). The highest BCUT2D eigenvalue weighted by Gasteiger charge is 2.68. The maximum absolute atomic E-state index is 10.9. The number of hydrogen-bond acceptors (Lipinski definition) is 6. The first kappa shape index (κ1) is 18.7. The molecule has 0 radical (unpaired) electrons. The summed E-state index contributed by atoms with van der Waals surface area (Å²) in [7, 11) is 0. The molecule has 6 bridgehead atoms. The van der Waals surface area contributed by atoms with E-state index in [4.69, 9.17) is 23.7 Å². The third kappa shape index (κ3) is 3.24. The van der Waals surface area contributed by atoms with Crippen molar-refractivity contribution in [1.29, 1.82) is 0 Å². The minimum absolute atomic E-state index is 0.00165. The molecule has 6 aliphatic heterocycles. The van der Waals surface area contributed by atoms with Crippen LogP contribution >= 0.6 is 15.9 Å². The van der Waals surface area contributed by atoms with Crippen LogP contribution in [0.4, 0.5) is 0 Å². The van der Waals surface area contributed by atoms with Crippen LogP contribution in [-0.2, 0) is 28.5 Å². The number of carbonyl (C=O) groups excluding carboxylic acids is 1. The van der Waals surface area contributed by atoms with Crippen LogP contribution in [0.25, 0.3) is 0 Å². The quantitative estimate of drug-likeness (QED) is 0.446. The fourth-order valence-corrected chi connectivity index (χ4v) is 5.75. The van der Waals surface area contributed by atoms with Crippen LogP contribution in [0.5, 0.6) is 0 Å². The molecule has 6 saturated heterocycles. The Balaban J connectivity index is 1.34. The van der Waals surface area contributed by atoms with Crippen molar-refractivity contribution >= 4 is 22.2 Å². The molecule has 6 nitrogen and oxygen atoms in total. The summed E-state index contributed by atoms with van der Waals surface area (Å²) in [5.74, 6) is -0.601. The monoisotopic (exact) mass is 442 g/mol. The average Bonchev–Trinajstić information content (AvgIpc) is 3.04. The molecule has 27 heavy (non-hydrogen) atoms. The molecular formula is C20H27BrO6. The molecule has 9 atom stereocenters. The second kappa shape index (κ2) is 7.18. The molecule has 150 valence electrons. The van der Waals surface area contributed by atoms with E-state index in [1.54, 1.807) is 0 Å². The van der Waals surface area contributed by atoms with Crippen molar-refractivity contribution < 1.29 is 28.5 Å². The Morgan fingerprint density at radius 3 is 2.59 bits per heavy atom. The van der Waals surface area contributed by atoms with E-state index in [0.717, 1.165) is 55.7 Å². The first-order valence-corrected chi connectivity index (χ1v) is 11.0. The number of aldehydes is 1. The van der Waals surface area contributed by atoms with Gasteiger partial charge in [-0.15, -0.1) is 0 Å². The van der Waals surface area contributed by atoms with E-state index >= 15 is 0 Å². The van der Waals surface area contributed by atoms with Crippen molar-refractivity contribution in [2.45, 2.75) is 106 Å². The number of ether oxygens (including phenoxy) is 5. The van der Waals surface area contributed by atoms with Gasteiger partial charge in [0.1, 0.15) is 36.8 Å². The van der Waals surface area contributed by atoms with Crippen molar-refractivity contribution in [3.05, 3.63) is 11.1 Å². The highest BCUT2D eigenvalue weighted by molar-refractivity contribution is 9.11. The normalized spacial score (nSPS) is 49.7. The summed E-state index contributed by atoms with van der Waals surface area (Å²) in [6.45, 7) is 3.91. The van der Waals surface area contributed by atoms with Gasteiger partial charge in [-0.05, 0) is 36.6 Å². The lowest BCUT2D eigenvalue weighted by Gasteiger charge is -2.47. The summed E-state index contributed by atoms with van der Waals surface area (Å²) in [5, 5.41) is 0. The maximum atomic E-state index is 10.9. The molecule has 0 aliphatic carbocycles. The standard InChI is InChI=1S/C20H27BrO6/c1-11(21)4-2-3-8-20-10-14-16(26-20)17-18(25-14)19(27-20)15-13(24-17)6-5-12(23-15)7-9-22/h9,12-19H,1-8,10H2. The van der Waals surface area contributed by atoms with Gasteiger partial charge in [0, 0.05) is 19.3 Å². The van der Waals surface area contributed by atoms with E-state index in [2.05, 4.69) is 22.5 Å². The number of unbranched alkanes of at least 4 members (excludes halogenated alkanes) is 1. The Morgan fingerprint density at radius 1 is 1.00 bits per heavy atom. The molecular weight excluding hydrogens is 416 g/mol. The average molecular weight is 443 g/mol. The van der Waals surface area contributed by atoms with Gasteiger partial charge in [-0.25, -0.2) is 0 Å². The molecule has 6 heterocycles. The Hall–Kier alpha value is -0.310. The predicted molar refractivity (Wildman–Crippen MR) is 99.5 cm³/mol. The second-order valence-electron chi connectivity index (χ2n) is 8.48. The van der Waals surface area contributed by atoms with E-state index < -0.39 is 5.79 Å². The Morgan fingerprint density at radius 2 is 1.78 bits per heavy atom. The molecule has 0 aromatic heterocycles. The molecule has 7 heteroatoms. The zero-order chi connectivity index (χ0) is 18.6. The molecule has 0 aromatic carbocycles. The van der Waals surface area contributed by atoms with Crippen LogP contribution in [0.15, 0.2) is 11.1 Å². The molecule has 6 fully saturated rings. The van der Waals surface area contributed by atoms with Crippen molar-refractivity contribution in [1.82, 2.24) is 0 Å². The first-order chi connectivity index (χ1) is 13.1. The molecule has 9 unspecified atom stereocenters. The van der Waals surface area contributed by atoms with E-state index in [9.17, 15) is 4.79 Å². The number of allylic oxidation sites excluding steroid dienone is 1. The molecule has 0 amide bonds. The van der Waals surface area contributed by atoms with Gasteiger partial charge in [-0.3, -0.25) is 0 Å². The zero-order valence-corrected chi connectivity index (χ0v) is 17.0. The summed E-state index contributed by atoms with van der Waals surface area (Å²) in [6, 6.07) is 0. The molecule has 0 spiro atoms. The number of hydrogen-bond donors (Lipinski definition) is 0. The van der Waals surface area contributed by atoms with Crippen molar-refractivity contribution in [2.75, 3.05) is 0 Å². The summed E-state index contributed by atoms with van der Waals surface area (Å²) in [6.07, 6.45) is 7.08. The number of carbonyl (C=O) groups is 1. The smallest absolute Gasteiger partial charge is 0.172 e. The lowest BCUT2D eigenvalue weighted by molar-refractivity contribution is -0.291. The van der Waals surface area contributed by atoms with E-state index in [1.807, 2.05) is 0 Å². The van der Waals surface area contributed by atoms with Gasteiger partial charge >= 0.3 is 0 Å². The highest BCUT2D eigenvalue weighted by Crippen LogP contribution is 2.53. The van der Waals surface area contributed by atoms with Crippen molar-refractivity contribution in [3.63, 3.8) is 0 Å². The van der Waals surface area contributed by atoms with Crippen LogP contribution < -0.4 is 0 Å². The fraction of sp³-hybridized carbons (Fsp3) is 0.850. The van der Waals surface area contributed by atoms with Gasteiger partial charge in [0.25, 0.3) is 0 Å². The molecule has 6 aliphatic rings. The Kier molecular flexibility index (Phi) is 4.98. The lowest BCUT2D eigenvalue weighted by Crippen LogP contribution is -2.61. The Bertz CT molecular complexity index is 613. The number of halogens is 1. The maximum Gasteiger partial charge on any atom is 0.172 e. The third-order valence-corrected chi connectivity index (χ3v) is 7.04. The summed E-state index contributed by atoms with van der Waals surface area (Å²) in [4.78, 5) is 10.9. The van der Waals surface area contributed by atoms with Gasteiger partial charge < -0.3 is 28.5 Å². The minimum Gasteiger partial charge on any atom is -0.369 e. The van der Waals surface area contributed by atoms with Crippen molar-refractivity contribution in [3.8, 4) is 0 Å². The van der Waals surface area contributed by atoms with Gasteiger partial charge in [0.2, 0.25) is 0 Å². The highest BCUT2D eigenvalue weighted by atomic mass is 79.9. The first-order valence-electron chi connectivity index (χ1n) is 10.2. The second-order valence-corrected chi connectivity index (χ2v) is 9.61. The minimum atomic E-state index is -0.601. The van der Waals surface area contributed by atoms with Crippen LogP contribution in [-0.4, -0.2) is 60.9 Å². The third-order valence-electron chi connectivity index (χ3n) is 6.64. The van der Waals surface area contributed by atoms with Gasteiger partial charge in [-0.2, -0.15) is 0 Å². The predicted octanol–water partition coefficient (Wildman–Crippen LogP) is 3.01. The van der Waals surface area contributed by atoms with Crippen molar-refractivity contribution in [2.24, 2.45) is 0 Å². The van der Waals surface area contributed by atoms with Crippen LogP contribution in [0.1, 0.15) is 51.4 Å². The van der Waals surface area contributed by atoms with Gasteiger partial charge in [0.05, 0.1) is 18.3 Å². The molecule has 0 aromatic rings. The van der Waals surface area contributed by atoms with E-state index in [1.165, 1.54) is 0 Å². The van der Waals surface area contributed by atoms with Gasteiger partial charge in [0.15, 0.2) is 5.79 Å². The zero-order valence-electron chi connectivity index (χ0n) is 15.4. The van der Waals surface area contributed by atoms with Gasteiger partial charge in [-0.1, -0.05) is 22.5 Å². The topological polar surface area (TPSA) is 63.2 Å². The fourth-order valence-electron chi connectivity index (χ4n) is 5.47. The number of fused-ring (bicyclic) bond motifs is 1. The largest absolute Gasteiger partial charge is 0.369 e. The Labute approximate surface area is 168 Å². The SMILES string of the molecule is C=C(Br)CCCCC12CC3OC4C(OC5CCC(CC=O)OC5C4O1)C3O2.